The Morgan fingerprint density at radius 2 is 2.00 bits per heavy atom. The van der Waals surface area contributed by atoms with Crippen LogP contribution in [0.1, 0.15) is 53.4 Å². The van der Waals surface area contributed by atoms with E-state index < -0.39 is 11.9 Å². The SMILES string of the molecule is CCOC(=O)C(=O)OC(C)C1CCCC(C)(C)C1. The van der Waals surface area contributed by atoms with Gasteiger partial charge in [0, 0.05) is 0 Å². The number of carbonyl (C=O) groups is 2. The lowest BCUT2D eigenvalue weighted by Gasteiger charge is -2.37. The van der Waals surface area contributed by atoms with Gasteiger partial charge in [0.2, 0.25) is 0 Å². The fraction of sp³-hybridized carbons (Fsp3) is 0.857. The van der Waals surface area contributed by atoms with Crippen LogP contribution >= 0.6 is 0 Å². The van der Waals surface area contributed by atoms with Crippen LogP contribution in [0.5, 0.6) is 0 Å². The molecule has 1 aliphatic carbocycles. The zero-order chi connectivity index (χ0) is 13.8. The number of ether oxygens (including phenoxy) is 2. The van der Waals surface area contributed by atoms with E-state index in [1.54, 1.807) is 6.92 Å². The molecule has 0 aromatic rings. The highest BCUT2D eigenvalue weighted by molar-refractivity contribution is 6.29. The van der Waals surface area contributed by atoms with E-state index in [0.717, 1.165) is 19.3 Å². The molecule has 1 rings (SSSR count). The lowest BCUT2D eigenvalue weighted by atomic mass is 9.71. The second-order valence-electron chi connectivity index (χ2n) is 5.85. The molecule has 104 valence electrons. The van der Waals surface area contributed by atoms with E-state index in [4.69, 9.17) is 4.74 Å². The molecule has 0 aliphatic heterocycles. The summed E-state index contributed by atoms with van der Waals surface area (Å²) in [6.07, 6.45) is 4.23. The van der Waals surface area contributed by atoms with Crippen LogP contribution in [0.4, 0.5) is 0 Å². The van der Waals surface area contributed by atoms with Crippen LogP contribution in [-0.4, -0.2) is 24.6 Å². The summed E-state index contributed by atoms with van der Waals surface area (Å²) in [4.78, 5) is 22.6. The molecule has 2 unspecified atom stereocenters. The van der Waals surface area contributed by atoms with Crippen molar-refractivity contribution in [2.24, 2.45) is 11.3 Å². The monoisotopic (exact) mass is 256 g/mol. The van der Waals surface area contributed by atoms with Crippen LogP contribution in [0.3, 0.4) is 0 Å². The van der Waals surface area contributed by atoms with Gasteiger partial charge < -0.3 is 9.47 Å². The highest BCUT2D eigenvalue weighted by atomic mass is 16.6. The van der Waals surface area contributed by atoms with Crippen molar-refractivity contribution in [3.63, 3.8) is 0 Å². The van der Waals surface area contributed by atoms with Gasteiger partial charge in [0.15, 0.2) is 0 Å². The quantitative estimate of drug-likeness (QED) is 0.575. The smallest absolute Gasteiger partial charge is 0.417 e. The van der Waals surface area contributed by atoms with Gasteiger partial charge in [0.1, 0.15) is 6.10 Å². The fourth-order valence-electron chi connectivity index (χ4n) is 2.66. The van der Waals surface area contributed by atoms with Gasteiger partial charge >= 0.3 is 11.9 Å². The van der Waals surface area contributed by atoms with Gasteiger partial charge in [-0.3, -0.25) is 0 Å². The summed E-state index contributed by atoms with van der Waals surface area (Å²) < 4.78 is 9.80. The molecule has 4 heteroatoms. The predicted octanol–water partition coefficient (Wildman–Crippen LogP) is 2.70. The average molecular weight is 256 g/mol. The molecule has 2 atom stereocenters. The third-order valence-corrected chi connectivity index (χ3v) is 3.64. The van der Waals surface area contributed by atoms with Crippen molar-refractivity contribution in [1.82, 2.24) is 0 Å². The van der Waals surface area contributed by atoms with Crippen molar-refractivity contribution >= 4 is 11.9 Å². The predicted molar refractivity (Wildman–Crippen MR) is 67.9 cm³/mol. The number of carbonyl (C=O) groups excluding carboxylic acids is 2. The topological polar surface area (TPSA) is 52.6 Å². The minimum absolute atomic E-state index is 0.193. The van der Waals surface area contributed by atoms with Gasteiger partial charge in [0.05, 0.1) is 6.61 Å². The summed E-state index contributed by atoms with van der Waals surface area (Å²) in [5.74, 6) is -1.42. The van der Waals surface area contributed by atoms with E-state index in [0.29, 0.717) is 11.3 Å². The molecular weight excluding hydrogens is 232 g/mol. The minimum Gasteiger partial charge on any atom is -0.458 e. The normalized spacial score (nSPS) is 24.1. The Kier molecular flexibility index (Phi) is 5.17. The molecule has 0 radical (unpaired) electrons. The van der Waals surface area contributed by atoms with Gasteiger partial charge in [-0.25, -0.2) is 9.59 Å². The van der Waals surface area contributed by atoms with Crippen LogP contribution in [0.2, 0.25) is 0 Å². The third-order valence-electron chi connectivity index (χ3n) is 3.64. The highest BCUT2D eigenvalue weighted by Crippen LogP contribution is 2.40. The fourth-order valence-corrected chi connectivity index (χ4v) is 2.66. The van der Waals surface area contributed by atoms with E-state index in [1.807, 2.05) is 6.92 Å². The summed E-state index contributed by atoms with van der Waals surface area (Å²) in [6, 6.07) is 0. The van der Waals surface area contributed by atoms with E-state index >= 15 is 0 Å². The first-order valence-corrected chi connectivity index (χ1v) is 6.73. The lowest BCUT2D eigenvalue weighted by molar-refractivity contribution is -0.172. The summed E-state index contributed by atoms with van der Waals surface area (Å²) in [5.41, 5.74) is 0.299. The number of esters is 2. The number of hydrogen-bond donors (Lipinski definition) is 0. The van der Waals surface area contributed by atoms with Crippen LogP contribution in [0.25, 0.3) is 0 Å². The van der Waals surface area contributed by atoms with Crippen LogP contribution < -0.4 is 0 Å². The largest absolute Gasteiger partial charge is 0.458 e. The Bertz CT molecular complexity index is 309. The average Bonchev–Trinajstić information content (AvgIpc) is 2.27. The molecule has 1 fully saturated rings. The van der Waals surface area contributed by atoms with Crippen molar-refractivity contribution in [3.8, 4) is 0 Å². The first-order chi connectivity index (χ1) is 8.35. The Balaban J connectivity index is 2.47. The zero-order valence-corrected chi connectivity index (χ0v) is 11.8. The van der Waals surface area contributed by atoms with Gasteiger partial charge in [-0.05, 0) is 44.4 Å². The van der Waals surface area contributed by atoms with Crippen LogP contribution in [0.15, 0.2) is 0 Å². The van der Waals surface area contributed by atoms with Crippen LogP contribution in [0, 0.1) is 11.3 Å². The first kappa shape index (κ1) is 15.0. The van der Waals surface area contributed by atoms with Crippen molar-refractivity contribution in [3.05, 3.63) is 0 Å². The Morgan fingerprint density at radius 1 is 1.33 bits per heavy atom. The molecule has 18 heavy (non-hydrogen) atoms. The molecule has 1 aliphatic rings. The number of rotatable bonds is 3. The molecule has 0 saturated heterocycles. The molecular formula is C14H24O4. The Labute approximate surface area is 109 Å². The molecule has 0 aromatic heterocycles. The van der Waals surface area contributed by atoms with Crippen LogP contribution in [-0.2, 0) is 19.1 Å². The molecule has 0 amide bonds. The van der Waals surface area contributed by atoms with Crippen molar-refractivity contribution in [2.45, 2.75) is 59.5 Å². The summed E-state index contributed by atoms with van der Waals surface area (Å²) >= 11 is 0. The van der Waals surface area contributed by atoms with Gasteiger partial charge in [0.25, 0.3) is 0 Å². The lowest BCUT2D eigenvalue weighted by Crippen LogP contribution is -2.34. The van der Waals surface area contributed by atoms with Crippen molar-refractivity contribution < 1.29 is 19.1 Å². The molecule has 0 N–H and O–H groups in total. The molecule has 0 aromatic carbocycles. The summed E-state index contributed by atoms with van der Waals surface area (Å²) in [6.45, 7) is 8.19. The summed E-state index contributed by atoms with van der Waals surface area (Å²) in [7, 11) is 0. The maximum atomic E-state index is 11.5. The summed E-state index contributed by atoms with van der Waals surface area (Å²) in [5, 5.41) is 0. The number of hydrogen-bond acceptors (Lipinski definition) is 4. The van der Waals surface area contributed by atoms with E-state index in [2.05, 4.69) is 18.6 Å². The molecule has 4 nitrogen and oxygen atoms in total. The zero-order valence-electron chi connectivity index (χ0n) is 11.8. The second kappa shape index (κ2) is 6.21. The first-order valence-electron chi connectivity index (χ1n) is 6.73. The third kappa shape index (κ3) is 4.31. The van der Waals surface area contributed by atoms with E-state index in [-0.39, 0.29) is 12.7 Å². The van der Waals surface area contributed by atoms with E-state index in [9.17, 15) is 9.59 Å². The molecule has 0 bridgehead atoms. The highest BCUT2D eigenvalue weighted by Gasteiger charge is 2.33. The molecule has 0 heterocycles. The minimum atomic E-state index is -0.889. The van der Waals surface area contributed by atoms with Gasteiger partial charge in [-0.2, -0.15) is 0 Å². The van der Waals surface area contributed by atoms with Crippen molar-refractivity contribution in [1.29, 1.82) is 0 Å². The standard InChI is InChI=1S/C14H24O4/c1-5-17-12(15)13(16)18-10(2)11-7-6-8-14(3,4)9-11/h10-11H,5-9H2,1-4H3. The van der Waals surface area contributed by atoms with Gasteiger partial charge in [-0.15, -0.1) is 0 Å². The maximum Gasteiger partial charge on any atom is 0.417 e. The van der Waals surface area contributed by atoms with Crippen molar-refractivity contribution in [2.75, 3.05) is 6.61 Å². The van der Waals surface area contributed by atoms with Gasteiger partial charge in [-0.1, -0.05) is 20.3 Å². The Hall–Kier alpha value is -1.06. The molecule has 0 spiro atoms. The Morgan fingerprint density at radius 3 is 2.56 bits per heavy atom. The second-order valence-corrected chi connectivity index (χ2v) is 5.85. The maximum absolute atomic E-state index is 11.5. The van der Waals surface area contributed by atoms with E-state index in [1.165, 1.54) is 6.42 Å². The molecule has 1 saturated carbocycles.